The van der Waals surface area contributed by atoms with Crippen LogP contribution in [0.1, 0.15) is 16.1 Å². The number of aromatic nitrogens is 1. The number of carbonyl (C=O) groups excluding carboxylic acids is 1. The van der Waals surface area contributed by atoms with Crippen LogP contribution in [0.25, 0.3) is 10.8 Å². The van der Waals surface area contributed by atoms with E-state index in [9.17, 15) is 4.79 Å². The zero-order valence-corrected chi connectivity index (χ0v) is 13.7. The Morgan fingerprint density at radius 2 is 1.78 bits per heavy atom. The first-order valence-corrected chi connectivity index (χ1v) is 7.62. The molecule has 3 N–H and O–H groups in total. The Kier molecular flexibility index (Phi) is 4.11. The number of fused-ring (bicyclic) bond motifs is 1. The average Bonchev–Trinajstić information content (AvgIpc) is 2.49. The second-order valence-electron chi connectivity index (χ2n) is 5.16. The van der Waals surface area contributed by atoms with Crippen LogP contribution in [-0.4, -0.2) is 10.9 Å². The highest BCUT2D eigenvalue weighted by molar-refractivity contribution is 6.35. The number of halogens is 2. The van der Waals surface area contributed by atoms with E-state index in [1.165, 1.54) is 0 Å². The summed E-state index contributed by atoms with van der Waals surface area (Å²) < 4.78 is 0. The zero-order valence-electron chi connectivity index (χ0n) is 12.2. The van der Waals surface area contributed by atoms with Crippen LogP contribution in [0.5, 0.6) is 0 Å². The van der Waals surface area contributed by atoms with Crippen LogP contribution in [0.2, 0.25) is 10.0 Å². The molecule has 0 fully saturated rings. The molecule has 2 aromatic carbocycles. The van der Waals surface area contributed by atoms with Gasteiger partial charge in [-0.05, 0) is 36.8 Å². The van der Waals surface area contributed by atoms with Crippen molar-refractivity contribution in [3.63, 3.8) is 0 Å². The summed E-state index contributed by atoms with van der Waals surface area (Å²) in [6.07, 6.45) is 1.57. The number of rotatable bonds is 2. The number of nitrogens with two attached hydrogens (primary N) is 1. The van der Waals surface area contributed by atoms with E-state index in [0.29, 0.717) is 32.5 Å². The van der Waals surface area contributed by atoms with Crippen molar-refractivity contribution in [2.24, 2.45) is 0 Å². The number of nitrogen functional groups attached to an aromatic ring is 1. The minimum absolute atomic E-state index is 0.297. The highest BCUT2D eigenvalue weighted by Gasteiger charge is 2.14. The quantitative estimate of drug-likeness (QED) is 0.662. The molecular formula is C17H13Cl2N3O. The Hall–Kier alpha value is -2.30. The summed E-state index contributed by atoms with van der Waals surface area (Å²) in [6, 6.07) is 10.3. The largest absolute Gasteiger partial charge is 0.398 e. The normalized spacial score (nSPS) is 10.7. The minimum Gasteiger partial charge on any atom is -0.398 e. The molecule has 23 heavy (non-hydrogen) atoms. The van der Waals surface area contributed by atoms with Gasteiger partial charge < -0.3 is 11.1 Å². The number of amides is 1. The van der Waals surface area contributed by atoms with E-state index in [1.807, 2.05) is 19.1 Å². The minimum atomic E-state index is -0.350. The van der Waals surface area contributed by atoms with E-state index in [1.54, 1.807) is 30.5 Å². The molecule has 3 rings (SSSR count). The SMILES string of the molecule is Cc1ccc2c(C(=O)Nc3cc(Cl)cc(Cl)c3)nccc2c1N. The van der Waals surface area contributed by atoms with Crippen LogP contribution in [0.3, 0.4) is 0 Å². The van der Waals surface area contributed by atoms with E-state index in [2.05, 4.69) is 10.3 Å². The molecule has 0 aliphatic rings. The van der Waals surface area contributed by atoms with Crippen molar-refractivity contribution < 1.29 is 4.79 Å². The summed E-state index contributed by atoms with van der Waals surface area (Å²) in [4.78, 5) is 16.7. The lowest BCUT2D eigenvalue weighted by molar-refractivity contribution is 0.102. The molecule has 3 aromatic rings. The van der Waals surface area contributed by atoms with Gasteiger partial charge in [0.1, 0.15) is 5.69 Å². The topological polar surface area (TPSA) is 68.0 Å². The molecule has 4 nitrogen and oxygen atoms in total. The molecular weight excluding hydrogens is 333 g/mol. The molecule has 0 spiro atoms. The summed E-state index contributed by atoms with van der Waals surface area (Å²) in [5.41, 5.74) is 8.49. The molecule has 0 aliphatic carbocycles. The molecule has 1 amide bonds. The van der Waals surface area contributed by atoms with Crippen molar-refractivity contribution in [2.45, 2.75) is 6.92 Å². The number of nitrogens with one attached hydrogen (secondary N) is 1. The molecule has 0 radical (unpaired) electrons. The van der Waals surface area contributed by atoms with Gasteiger partial charge in [0.05, 0.1) is 0 Å². The van der Waals surface area contributed by atoms with Crippen LogP contribution in [0.15, 0.2) is 42.6 Å². The van der Waals surface area contributed by atoms with Gasteiger partial charge in [0.25, 0.3) is 5.91 Å². The third-order valence-electron chi connectivity index (χ3n) is 3.54. The van der Waals surface area contributed by atoms with Gasteiger partial charge in [0.2, 0.25) is 0 Å². The maximum atomic E-state index is 12.5. The number of carbonyl (C=O) groups is 1. The molecule has 0 saturated carbocycles. The third-order valence-corrected chi connectivity index (χ3v) is 3.98. The van der Waals surface area contributed by atoms with Crippen molar-refractivity contribution in [3.8, 4) is 0 Å². The number of nitrogens with zero attached hydrogens (tertiary/aromatic N) is 1. The number of pyridine rings is 1. The summed E-state index contributed by atoms with van der Waals surface area (Å²) >= 11 is 11.9. The number of benzene rings is 2. The van der Waals surface area contributed by atoms with Gasteiger partial charge in [-0.15, -0.1) is 0 Å². The van der Waals surface area contributed by atoms with Crippen molar-refractivity contribution >= 4 is 51.3 Å². The summed E-state index contributed by atoms with van der Waals surface area (Å²) in [6.45, 7) is 1.92. The lowest BCUT2D eigenvalue weighted by Gasteiger charge is -2.10. The molecule has 0 atom stereocenters. The fraction of sp³-hybridized carbons (Fsp3) is 0.0588. The predicted octanol–water partition coefficient (Wildman–Crippen LogP) is 4.68. The average molecular weight is 346 g/mol. The predicted molar refractivity (Wildman–Crippen MR) is 95.3 cm³/mol. The lowest BCUT2D eigenvalue weighted by atomic mass is 10.0. The third kappa shape index (κ3) is 3.09. The van der Waals surface area contributed by atoms with Gasteiger partial charge >= 0.3 is 0 Å². The van der Waals surface area contributed by atoms with Gasteiger partial charge in [-0.2, -0.15) is 0 Å². The number of hydrogen-bond donors (Lipinski definition) is 2. The molecule has 0 saturated heterocycles. The summed E-state index contributed by atoms with van der Waals surface area (Å²) in [7, 11) is 0. The van der Waals surface area contributed by atoms with Crippen LogP contribution in [0, 0.1) is 6.92 Å². The van der Waals surface area contributed by atoms with Gasteiger partial charge in [-0.25, -0.2) is 0 Å². The first-order valence-electron chi connectivity index (χ1n) is 6.87. The Labute approximate surface area is 143 Å². The maximum absolute atomic E-state index is 12.5. The number of hydrogen-bond acceptors (Lipinski definition) is 3. The van der Waals surface area contributed by atoms with Gasteiger partial charge in [-0.3, -0.25) is 9.78 Å². The van der Waals surface area contributed by atoms with Gasteiger partial charge in [0.15, 0.2) is 0 Å². The lowest BCUT2D eigenvalue weighted by Crippen LogP contribution is -2.14. The smallest absolute Gasteiger partial charge is 0.274 e. The standard InChI is InChI=1S/C17H13Cl2N3O/c1-9-2-3-14-13(15(9)20)4-5-21-16(14)17(23)22-12-7-10(18)6-11(19)8-12/h2-8H,20H2,1H3,(H,22,23). The Bertz CT molecular complexity index is 905. The van der Waals surface area contributed by atoms with E-state index >= 15 is 0 Å². The van der Waals surface area contributed by atoms with E-state index in [-0.39, 0.29) is 5.91 Å². The van der Waals surface area contributed by atoms with Crippen LogP contribution in [0.4, 0.5) is 11.4 Å². The summed E-state index contributed by atoms with van der Waals surface area (Å²) in [5.74, 6) is -0.350. The van der Waals surface area contributed by atoms with Crippen molar-refractivity contribution in [1.82, 2.24) is 4.98 Å². The first kappa shape index (κ1) is 15.6. The van der Waals surface area contributed by atoms with Gasteiger partial charge in [-0.1, -0.05) is 35.3 Å². The number of anilines is 2. The summed E-state index contributed by atoms with van der Waals surface area (Å²) in [5, 5.41) is 5.14. The van der Waals surface area contributed by atoms with Gasteiger partial charge in [0, 0.05) is 38.4 Å². The molecule has 0 aliphatic heterocycles. The fourth-order valence-corrected chi connectivity index (χ4v) is 2.91. The Morgan fingerprint density at radius 1 is 1.09 bits per heavy atom. The molecule has 0 bridgehead atoms. The fourth-order valence-electron chi connectivity index (χ4n) is 2.38. The maximum Gasteiger partial charge on any atom is 0.274 e. The zero-order chi connectivity index (χ0) is 16.6. The van der Waals surface area contributed by atoms with E-state index in [0.717, 1.165) is 10.9 Å². The second-order valence-corrected chi connectivity index (χ2v) is 6.04. The van der Waals surface area contributed by atoms with Crippen LogP contribution >= 0.6 is 23.2 Å². The number of aryl methyl sites for hydroxylation is 1. The Balaban J connectivity index is 2.03. The van der Waals surface area contributed by atoms with Crippen molar-refractivity contribution in [3.05, 3.63) is 63.9 Å². The highest BCUT2D eigenvalue weighted by atomic mass is 35.5. The second kappa shape index (κ2) is 6.07. The highest BCUT2D eigenvalue weighted by Crippen LogP contribution is 2.27. The van der Waals surface area contributed by atoms with Crippen LogP contribution < -0.4 is 11.1 Å². The van der Waals surface area contributed by atoms with E-state index < -0.39 is 0 Å². The van der Waals surface area contributed by atoms with Crippen molar-refractivity contribution in [1.29, 1.82) is 0 Å². The molecule has 0 unspecified atom stereocenters. The molecule has 116 valence electrons. The monoisotopic (exact) mass is 345 g/mol. The molecule has 1 heterocycles. The van der Waals surface area contributed by atoms with Crippen LogP contribution in [-0.2, 0) is 0 Å². The molecule has 1 aromatic heterocycles. The van der Waals surface area contributed by atoms with E-state index in [4.69, 9.17) is 28.9 Å². The first-order chi connectivity index (χ1) is 11.0. The van der Waals surface area contributed by atoms with Crippen molar-refractivity contribution in [2.75, 3.05) is 11.1 Å². The Morgan fingerprint density at radius 3 is 2.48 bits per heavy atom. The molecule has 6 heteroatoms.